The molecular weight excluding hydrogens is 376 g/mol. The number of hydrogen-bond acceptors (Lipinski definition) is 3. The van der Waals surface area contributed by atoms with Crippen LogP contribution in [0.15, 0.2) is 53.7 Å². The molecule has 0 saturated heterocycles. The van der Waals surface area contributed by atoms with E-state index in [0.29, 0.717) is 18.6 Å². The second kappa shape index (κ2) is 8.74. The van der Waals surface area contributed by atoms with Crippen LogP contribution in [0.25, 0.3) is 10.9 Å². The molecule has 2 N–H and O–H groups in total. The van der Waals surface area contributed by atoms with Crippen LogP contribution in [-0.4, -0.2) is 26.6 Å². The average Bonchev–Trinajstić information content (AvgIpc) is 3.06. The number of nitrogens with zero attached hydrogens (tertiary/aromatic N) is 2. The summed E-state index contributed by atoms with van der Waals surface area (Å²) < 4.78 is 2.24. The van der Waals surface area contributed by atoms with E-state index in [9.17, 15) is 15.1 Å². The van der Waals surface area contributed by atoms with E-state index in [4.69, 9.17) is 0 Å². The molecule has 5 nitrogen and oxygen atoms in total. The van der Waals surface area contributed by atoms with E-state index in [1.807, 2.05) is 42.5 Å². The van der Waals surface area contributed by atoms with Gasteiger partial charge in [-0.2, -0.15) is 0 Å². The number of aryl methyl sites for hydroxylation is 3. The number of carbonyl (C=O) groups is 1. The zero-order chi connectivity index (χ0) is 21.1. The number of aliphatic carboxylic acids is 1. The molecular formula is C25H28N2O3. The maximum absolute atomic E-state index is 11.9. The third-order valence-corrected chi connectivity index (χ3v) is 6.40. The van der Waals surface area contributed by atoms with Gasteiger partial charge in [0.2, 0.25) is 0 Å². The zero-order valence-electron chi connectivity index (χ0n) is 17.3. The predicted octanol–water partition coefficient (Wildman–Crippen LogP) is 4.96. The van der Waals surface area contributed by atoms with Crippen LogP contribution in [-0.2, 0) is 31.1 Å². The van der Waals surface area contributed by atoms with Crippen molar-refractivity contribution in [2.24, 2.45) is 18.1 Å². The maximum Gasteiger partial charge on any atom is 0.306 e. The lowest BCUT2D eigenvalue weighted by Crippen LogP contribution is -2.19. The summed E-state index contributed by atoms with van der Waals surface area (Å²) in [6.07, 6.45) is 6.02. The minimum atomic E-state index is -0.859. The molecule has 5 heteroatoms. The van der Waals surface area contributed by atoms with Gasteiger partial charge in [0.05, 0.1) is 11.6 Å². The third kappa shape index (κ3) is 3.97. The summed E-state index contributed by atoms with van der Waals surface area (Å²) in [4.78, 5) is 11.9. The minimum absolute atomic E-state index is 0.203. The van der Waals surface area contributed by atoms with Gasteiger partial charge < -0.3 is 14.9 Å². The van der Waals surface area contributed by atoms with Gasteiger partial charge >= 0.3 is 5.97 Å². The van der Waals surface area contributed by atoms with Crippen molar-refractivity contribution in [3.63, 3.8) is 0 Å². The topological polar surface area (TPSA) is 74.8 Å². The Balaban J connectivity index is 1.57. The predicted molar refractivity (Wildman–Crippen MR) is 118 cm³/mol. The Kier molecular flexibility index (Phi) is 5.88. The highest BCUT2D eigenvalue weighted by molar-refractivity contribution is 6.04. The highest BCUT2D eigenvalue weighted by Gasteiger charge is 2.23. The zero-order valence-corrected chi connectivity index (χ0v) is 17.3. The summed E-state index contributed by atoms with van der Waals surface area (Å²) in [6.45, 7) is 0. The standard InChI is InChI=1S/C25H28N2O3/c1-27-23-10-6-5-9-20(23)21-14-13-18(16-24(21)27)22(26-30)15-19(25(28)29)12-11-17-7-3-2-4-8-17/h2-4,7-8,13-14,16,19,30H,5-6,9-12,15H2,1H3,(H,28,29)/t19-/m1/s1. The van der Waals surface area contributed by atoms with Crippen LogP contribution in [0.2, 0.25) is 0 Å². The van der Waals surface area contributed by atoms with Gasteiger partial charge in [-0.15, -0.1) is 0 Å². The van der Waals surface area contributed by atoms with E-state index in [-0.39, 0.29) is 6.42 Å². The number of hydrogen-bond donors (Lipinski definition) is 2. The summed E-state index contributed by atoms with van der Waals surface area (Å²) in [7, 11) is 2.09. The van der Waals surface area contributed by atoms with Gasteiger partial charge in [0, 0.05) is 35.6 Å². The number of carboxylic acid groups (broad SMARTS) is 1. The smallest absolute Gasteiger partial charge is 0.306 e. The van der Waals surface area contributed by atoms with Crippen LogP contribution < -0.4 is 0 Å². The highest BCUT2D eigenvalue weighted by atomic mass is 16.4. The molecule has 3 aromatic rings. The van der Waals surface area contributed by atoms with Crippen LogP contribution in [0.1, 0.15) is 48.1 Å². The monoisotopic (exact) mass is 404 g/mol. The van der Waals surface area contributed by atoms with Gasteiger partial charge in [0.1, 0.15) is 0 Å². The molecule has 0 radical (unpaired) electrons. The molecule has 2 aromatic carbocycles. The molecule has 4 rings (SSSR count). The lowest BCUT2D eigenvalue weighted by Gasteiger charge is -2.14. The van der Waals surface area contributed by atoms with E-state index in [1.165, 1.54) is 29.5 Å². The lowest BCUT2D eigenvalue weighted by atomic mass is 9.91. The molecule has 0 aliphatic heterocycles. The normalized spacial score (nSPS) is 15.2. The molecule has 30 heavy (non-hydrogen) atoms. The van der Waals surface area contributed by atoms with Crippen LogP contribution in [0, 0.1) is 5.92 Å². The van der Waals surface area contributed by atoms with Crippen molar-refractivity contribution in [2.75, 3.05) is 0 Å². The van der Waals surface area contributed by atoms with E-state index in [0.717, 1.165) is 29.5 Å². The van der Waals surface area contributed by atoms with Crippen LogP contribution >= 0.6 is 0 Å². The van der Waals surface area contributed by atoms with E-state index >= 15 is 0 Å². The van der Waals surface area contributed by atoms with Crippen molar-refractivity contribution >= 4 is 22.6 Å². The number of carboxylic acids is 1. The van der Waals surface area contributed by atoms with Gasteiger partial charge in [0.15, 0.2) is 0 Å². The van der Waals surface area contributed by atoms with Crippen molar-refractivity contribution in [3.8, 4) is 0 Å². The first-order valence-electron chi connectivity index (χ1n) is 10.7. The van der Waals surface area contributed by atoms with E-state index in [2.05, 4.69) is 22.8 Å². The average molecular weight is 405 g/mol. The Morgan fingerprint density at radius 3 is 2.63 bits per heavy atom. The summed E-state index contributed by atoms with van der Waals surface area (Å²) in [5.74, 6) is -1.46. The second-order valence-corrected chi connectivity index (χ2v) is 8.23. The quantitative estimate of drug-likeness (QED) is 0.332. The fourth-order valence-electron chi connectivity index (χ4n) is 4.69. The molecule has 1 aliphatic carbocycles. The first-order valence-corrected chi connectivity index (χ1v) is 10.7. The highest BCUT2D eigenvalue weighted by Crippen LogP contribution is 2.32. The van der Waals surface area contributed by atoms with E-state index < -0.39 is 11.9 Å². The van der Waals surface area contributed by atoms with Gasteiger partial charge in [-0.05, 0) is 55.7 Å². The fraction of sp³-hybridized carbons (Fsp3) is 0.360. The molecule has 156 valence electrons. The number of oxime groups is 1. The Hall–Kier alpha value is -3.08. The van der Waals surface area contributed by atoms with Gasteiger partial charge in [-0.25, -0.2) is 0 Å². The Morgan fingerprint density at radius 2 is 1.90 bits per heavy atom. The van der Waals surface area contributed by atoms with Crippen LogP contribution in [0.5, 0.6) is 0 Å². The third-order valence-electron chi connectivity index (χ3n) is 6.40. The summed E-state index contributed by atoms with van der Waals surface area (Å²) in [5, 5.41) is 24.2. The number of fused-ring (bicyclic) bond motifs is 3. The van der Waals surface area contributed by atoms with Gasteiger partial charge in [-0.3, -0.25) is 4.79 Å². The molecule has 0 amide bonds. The molecule has 1 heterocycles. The molecule has 0 saturated carbocycles. The number of rotatable bonds is 7. The van der Waals surface area contributed by atoms with Crippen molar-refractivity contribution in [1.29, 1.82) is 0 Å². The number of benzene rings is 2. The number of aromatic nitrogens is 1. The summed E-state index contributed by atoms with van der Waals surface area (Å²) in [5.41, 5.74) is 6.27. The van der Waals surface area contributed by atoms with Gasteiger partial charge in [-0.1, -0.05) is 47.6 Å². The minimum Gasteiger partial charge on any atom is -0.481 e. The first kappa shape index (κ1) is 20.2. The molecule has 1 aromatic heterocycles. The molecule has 1 aliphatic rings. The second-order valence-electron chi connectivity index (χ2n) is 8.23. The summed E-state index contributed by atoms with van der Waals surface area (Å²) >= 11 is 0. The van der Waals surface area contributed by atoms with Crippen molar-refractivity contribution in [1.82, 2.24) is 4.57 Å². The van der Waals surface area contributed by atoms with E-state index in [1.54, 1.807) is 0 Å². The molecule has 0 spiro atoms. The van der Waals surface area contributed by atoms with Gasteiger partial charge in [0.25, 0.3) is 0 Å². The van der Waals surface area contributed by atoms with Crippen LogP contribution in [0.3, 0.4) is 0 Å². The van der Waals surface area contributed by atoms with Crippen molar-refractivity contribution in [3.05, 3.63) is 70.9 Å². The first-order chi connectivity index (χ1) is 14.6. The Labute approximate surface area is 176 Å². The fourth-order valence-corrected chi connectivity index (χ4v) is 4.69. The Morgan fingerprint density at radius 1 is 1.13 bits per heavy atom. The molecule has 1 atom stereocenters. The SMILES string of the molecule is Cn1c2c(c3ccc(C(C[C@@H](CCc4ccccc4)C(=O)O)=NO)cc31)CCCC2. The lowest BCUT2D eigenvalue weighted by molar-refractivity contribution is -0.141. The molecule has 0 bridgehead atoms. The van der Waals surface area contributed by atoms with Crippen molar-refractivity contribution in [2.45, 2.75) is 44.9 Å². The van der Waals surface area contributed by atoms with Crippen LogP contribution in [0.4, 0.5) is 0 Å². The summed E-state index contributed by atoms with van der Waals surface area (Å²) in [6, 6.07) is 16.0. The molecule has 0 fully saturated rings. The largest absolute Gasteiger partial charge is 0.481 e. The maximum atomic E-state index is 11.9. The Bertz CT molecular complexity index is 1080. The molecule has 0 unspecified atom stereocenters. The van der Waals surface area contributed by atoms with Crippen molar-refractivity contribution < 1.29 is 15.1 Å².